The van der Waals surface area contributed by atoms with E-state index >= 15 is 0 Å². The summed E-state index contributed by atoms with van der Waals surface area (Å²) in [6, 6.07) is 7.87. The molecule has 0 aromatic heterocycles. The van der Waals surface area contributed by atoms with Gasteiger partial charge in [0.25, 0.3) is 0 Å². The third-order valence-corrected chi connectivity index (χ3v) is 3.14. The number of nitrogens with one attached hydrogen (secondary N) is 1. The third kappa shape index (κ3) is 2.16. The molecule has 1 aromatic rings. The van der Waals surface area contributed by atoms with Crippen molar-refractivity contribution in [1.82, 2.24) is 5.32 Å². The Labute approximate surface area is 100.0 Å². The molecule has 2 rings (SSSR count). The summed E-state index contributed by atoms with van der Waals surface area (Å²) in [5.41, 5.74) is 2.14. The van der Waals surface area contributed by atoms with Crippen molar-refractivity contribution in [3.05, 3.63) is 35.4 Å². The van der Waals surface area contributed by atoms with Crippen LogP contribution in [0.1, 0.15) is 17.0 Å². The fourth-order valence-corrected chi connectivity index (χ4v) is 2.14. The largest absolute Gasteiger partial charge is 0.468 e. The first-order chi connectivity index (χ1) is 8.13. The fourth-order valence-electron chi connectivity index (χ4n) is 2.14. The third-order valence-electron chi connectivity index (χ3n) is 3.14. The summed E-state index contributed by atoms with van der Waals surface area (Å²) in [7, 11) is 1.31. The van der Waals surface area contributed by atoms with Crippen molar-refractivity contribution in [1.29, 1.82) is 0 Å². The van der Waals surface area contributed by atoms with Crippen molar-refractivity contribution in [3.63, 3.8) is 0 Å². The molecule has 0 saturated carbocycles. The number of benzene rings is 1. The summed E-state index contributed by atoms with van der Waals surface area (Å²) in [5, 5.41) is 2.71. The molecule has 0 spiro atoms. The summed E-state index contributed by atoms with van der Waals surface area (Å²) in [6.45, 7) is 2.49. The fraction of sp³-hybridized carbons (Fsp3) is 0.385. The summed E-state index contributed by atoms with van der Waals surface area (Å²) < 4.78 is 4.68. The van der Waals surface area contributed by atoms with Gasteiger partial charge in [0.2, 0.25) is 5.91 Å². The van der Waals surface area contributed by atoms with E-state index in [4.69, 9.17) is 0 Å². The Morgan fingerprint density at radius 3 is 2.59 bits per heavy atom. The summed E-state index contributed by atoms with van der Waals surface area (Å²) in [5.74, 6) is -1.56. The van der Waals surface area contributed by atoms with E-state index in [9.17, 15) is 9.59 Å². The Bertz CT molecular complexity index is 438. The van der Waals surface area contributed by atoms with Gasteiger partial charge in [-0.1, -0.05) is 29.8 Å². The molecule has 0 radical (unpaired) electrons. The van der Waals surface area contributed by atoms with Gasteiger partial charge in [0.05, 0.1) is 7.11 Å². The monoisotopic (exact) mass is 233 g/mol. The normalized spacial score (nSPS) is 23.3. The van der Waals surface area contributed by atoms with Gasteiger partial charge in [-0.05, 0) is 12.5 Å². The van der Waals surface area contributed by atoms with Gasteiger partial charge >= 0.3 is 5.97 Å². The lowest BCUT2D eigenvalue weighted by Crippen LogP contribution is -2.28. The average Bonchev–Trinajstić information content (AvgIpc) is 2.71. The maximum absolute atomic E-state index is 11.6. The molecule has 4 heteroatoms. The lowest BCUT2D eigenvalue weighted by molar-refractivity contribution is -0.149. The van der Waals surface area contributed by atoms with Crippen LogP contribution in [-0.4, -0.2) is 25.5 Å². The number of methoxy groups -OCH3 is 1. The zero-order chi connectivity index (χ0) is 12.4. The van der Waals surface area contributed by atoms with Crippen LogP contribution in [0.25, 0.3) is 0 Å². The Balaban J connectivity index is 2.28. The molecule has 1 saturated heterocycles. The molecule has 0 bridgehead atoms. The number of hydrogen-bond acceptors (Lipinski definition) is 3. The van der Waals surface area contributed by atoms with Crippen LogP contribution < -0.4 is 5.32 Å². The summed E-state index contributed by atoms with van der Waals surface area (Å²) in [6.07, 6.45) is 0. The first kappa shape index (κ1) is 11.6. The number of carbonyl (C=O) groups excluding carboxylic acids is 2. The van der Waals surface area contributed by atoms with E-state index in [1.807, 2.05) is 31.2 Å². The standard InChI is InChI=1S/C13H15NO3/c1-8-3-5-9(6-4-8)10-7-14-12(15)11(10)13(16)17-2/h3-6,10-11H,7H2,1-2H3,(H,14,15)/t10-,11-/m1/s1. The quantitative estimate of drug-likeness (QED) is 0.612. The van der Waals surface area contributed by atoms with Crippen molar-refractivity contribution in [2.24, 2.45) is 5.92 Å². The molecule has 1 fully saturated rings. The zero-order valence-electron chi connectivity index (χ0n) is 9.90. The number of esters is 1. The van der Waals surface area contributed by atoms with Gasteiger partial charge in [0.15, 0.2) is 0 Å². The Morgan fingerprint density at radius 1 is 1.35 bits per heavy atom. The van der Waals surface area contributed by atoms with Gasteiger partial charge < -0.3 is 10.1 Å². The van der Waals surface area contributed by atoms with Crippen LogP contribution in [-0.2, 0) is 14.3 Å². The first-order valence-electron chi connectivity index (χ1n) is 5.55. The Morgan fingerprint density at radius 2 is 2.00 bits per heavy atom. The van der Waals surface area contributed by atoms with Crippen LogP contribution in [0.3, 0.4) is 0 Å². The van der Waals surface area contributed by atoms with Crippen molar-refractivity contribution in [2.45, 2.75) is 12.8 Å². The van der Waals surface area contributed by atoms with Gasteiger partial charge in [-0.3, -0.25) is 9.59 Å². The van der Waals surface area contributed by atoms with Crippen LogP contribution in [0, 0.1) is 12.8 Å². The predicted octanol–water partition coefficient (Wildman–Crippen LogP) is 0.998. The molecule has 0 unspecified atom stereocenters. The average molecular weight is 233 g/mol. The summed E-state index contributed by atoms with van der Waals surface area (Å²) >= 11 is 0. The van der Waals surface area contributed by atoms with E-state index in [1.165, 1.54) is 7.11 Å². The maximum Gasteiger partial charge on any atom is 0.318 e. The summed E-state index contributed by atoms with van der Waals surface area (Å²) in [4.78, 5) is 23.2. The molecular formula is C13H15NO3. The van der Waals surface area contributed by atoms with Crippen molar-refractivity contribution in [2.75, 3.05) is 13.7 Å². The van der Waals surface area contributed by atoms with Crippen LogP contribution >= 0.6 is 0 Å². The molecule has 2 atom stereocenters. The van der Waals surface area contributed by atoms with E-state index in [2.05, 4.69) is 10.1 Å². The minimum Gasteiger partial charge on any atom is -0.468 e. The highest BCUT2D eigenvalue weighted by molar-refractivity contribution is 6.00. The topological polar surface area (TPSA) is 55.4 Å². The van der Waals surface area contributed by atoms with Gasteiger partial charge in [-0.2, -0.15) is 0 Å². The molecule has 17 heavy (non-hydrogen) atoms. The maximum atomic E-state index is 11.6. The van der Waals surface area contributed by atoms with Gasteiger partial charge in [-0.25, -0.2) is 0 Å². The molecule has 1 heterocycles. The molecule has 90 valence electrons. The Kier molecular flexibility index (Phi) is 3.13. The number of hydrogen-bond donors (Lipinski definition) is 1. The predicted molar refractivity (Wildman–Crippen MR) is 62.4 cm³/mol. The molecule has 1 amide bonds. The van der Waals surface area contributed by atoms with Crippen LogP contribution in [0.5, 0.6) is 0 Å². The highest BCUT2D eigenvalue weighted by Crippen LogP contribution is 2.29. The number of aryl methyl sites for hydroxylation is 1. The van der Waals surface area contributed by atoms with Crippen LogP contribution in [0.4, 0.5) is 0 Å². The molecule has 1 aliphatic rings. The number of amides is 1. The number of rotatable bonds is 2. The second kappa shape index (κ2) is 4.57. The Hall–Kier alpha value is -1.84. The highest BCUT2D eigenvalue weighted by atomic mass is 16.5. The molecule has 1 aromatic carbocycles. The molecular weight excluding hydrogens is 218 g/mol. The minimum atomic E-state index is -0.720. The second-order valence-corrected chi connectivity index (χ2v) is 4.26. The first-order valence-corrected chi connectivity index (χ1v) is 5.55. The molecule has 1 N–H and O–H groups in total. The molecule has 0 aliphatic carbocycles. The van der Waals surface area contributed by atoms with E-state index in [1.54, 1.807) is 0 Å². The SMILES string of the molecule is COC(=O)[C@H]1C(=O)NC[C@@H]1c1ccc(C)cc1. The second-order valence-electron chi connectivity index (χ2n) is 4.26. The van der Waals surface area contributed by atoms with Crippen molar-refractivity contribution in [3.8, 4) is 0 Å². The zero-order valence-corrected chi connectivity index (χ0v) is 9.90. The molecule has 4 nitrogen and oxygen atoms in total. The van der Waals surface area contributed by atoms with E-state index in [0.29, 0.717) is 6.54 Å². The van der Waals surface area contributed by atoms with Gasteiger partial charge in [-0.15, -0.1) is 0 Å². The highest BCUT2D eigenvalue weighted by Gasteiger charge is 2.41. The lowest BCUT2D eigenvalue weighted by Gasteiger charge is -2.15. The lowest BCUT2D eigenvalue weighted by atomic mass is 9.88. The van der Waals surface area contributed by atoms with E-state index < -0.39 is 11.9 Å². The smallest absolute Gasteiger partial charge is 0.318 e. The van der Waals surface area contributed by atoms with Crippen molar-refractivity contribution < 1.29 is 14.3 Å². The minimum absolute atomic E-state index is 0.129. The van der Waals surface area contributed by atoms with E-state index in [-0.39, 0.29) is 11.8 Å². The van der Waals surface area contributed by atoms with Crippen molar-refractivity contribution >= 4 is 11.9 Å². The molecule has 1 aliphatic heterocycles. The van der Waals surface area contributed by atoms with Crippen LogP contribution in [0.2, 0.25) is 0 Å². The van der Waals surface area contributed by atoms with E-state index in [0.717, 1.165) is 11.1 Å². The van der Waals surface area contributed by atoms with Gasteiger partial charge in [0.1, 0.15) is 5.92 Å². The number of carbonyl (C=O) groups is 2. The van der Waals surface area contributed by atoms with Gasteiger partial charge in [0, 0.05) is 12.5 Å². The van der Waals surface area contributed by atoms with Crippen LogP contribution in [0.15, 0.2) is 24.3 Å². The number of ether oxygens (including phenoxy) is 1.